The Labute approximate surface area is 85.7 Å². The standard InChI is InChI=1S/C10H7NS2/c12-9-6-7-11-10(13-9)8-4-2-1-3-5-8/h1-7H. The van der Waals surface area contributed by atoms with Crippen molar-refractivity contribution in [2.24, 2.45) is 0 Å². The summed E-state index contributed by atoms with van der Waals surface area (Å²) in [5.41, 5.74) is 1.12. The van der Waals surface area contributed by atoms with Crippen LogP contribution in [0.5, 0.6) is 0 Å². The van der Waals surface area contributed by atoms with Gasteiger partial charge in [0.15, 0.2) is 0 Å². The zero-order valence-corrected chi connectivity index (χ0v) is 8.44. The summed E-state index contributed by atoms with van der Waals surface area (Å²) in [4.78, 5) is 4.26. The van der Waals surface area contributed by atoms with Gasteiger partial charge in [0.1, 0.15) is 5.01 Å². The van der Waals surface area contributed by atoms with Crippen LogP contribution in [-0.4, -0.2) is 4.98 Å². The summed E-state index contributed by atoms with van der Waals surface area (Å²) in [5.74, 6) is 0. The third-order valence-electron chi connectivity index (χ3n) is 1.62. The van der Waals surface area contributed by atoms with Crippen molar-refractivity contribution >= 4 is 23.6 Å². The molecule has 0 saturated heterocycles. The highest BCUT2D eigenvalue weighted by molar-refractivity contribution is 7.73. The molecule has 13 heavy (non-hydrogen) atoms. The summed E-state index contributed by atoms with van der Waals surface area (Å²) in [6, 6.07) is 11.9. The van der Waals surface area contributed by atoms with E-state index in [9.17, 15) is 0 Å². The lowest BCUT2D eigenvalue weighted by Gasteiger charge is -1.96. The monoisotopic (exact) mass is 205 g/mol. The van der Waals surface area contributed by atoms with E-state index in [1.165, 1.54) is 11.3 Å². The van der Waals surface area contributed by atoms with E-state index in [-0.39, 0.29) is 0 Å². The Bertz CT molecular complexity index is 448. The highest BCUT2D eigenvalue weighted by atomic mass is 32.1. The van der Waals surface area contributed by atoms with Crippen LogP contribution in [0.1, 0.15) is 0 Å². The summed E-state index contributed by atoms with van der Waals surface area (Å²) in [6.07, 6.45) is 1.75. The summed E-state index contributed by atoms with van der Waals surface area (Å²) in [6.45, 7) is 0. The van der Waals surface area contributed by atoms with Gasteiger partial charge in [-0.1, -0.05) is 42.5 Å². The normalized spacial score (nSPS) is 9.85. The van der Waals surface area contributed by atoms with E-state index >= 15 is 0 Å². The molecule has 1 aromatic heterocycles. The second-order valence-corrected chi connectivity index (χ2v) is 4.27. The number of aromatic nitrogens is 1. The first-order valence-corrected chi connectivity index (χ1v) is 5.10. The lowest BCUT2D eigenvalue weighted by Crippen LogP contribution is -1.77. The predicted octanol–water partition coefficient (Wildman–Crippen LogP) is 3.54. The first-order chi connectivity index (χ1) is 6.36. The molecule has 0 unspecified atom stereocenters. The van der Waals surface area contributed by atoms with Crippen molar-refractivity contribution in [2.45, 2.75) is 0 Å². The minimum Gasteiger partial charge on any atom is -0.245 e. The third-order valence-corrected chi connectivity index (χ3v) is 2.88. The van der Waals surface area contributed by atoms with Crippen LogP contribution in [0.2, 0.25) is 0 Å². The molecule has 3 heteroatoms. The zero-order chi connectivity index (χ0) is 9.10. The van der Waals surface area contributed by atoms with Gasteiger partial charge in [-0.3, -0.25) is 0 Å². The zero-order valence-electron chi connectivity index (χ0n) is 6.81. The van der Waals surface area contributed by atoms with Crippen LogP contribution in [0.15, 0.2) is 42.6 Å². The topological polar surface area (TPSA) is 12.9 Å². The summed E-state index contributed by atoms with van der Waals surface area (Å²) < 4.78 is 0.869. The molecule has 1 aromatic carbocycles. The van der Waals surface area contributed by atoms with Gasteiger partial charge in [-0.2, -0.15) is 0 Å². The molecule has 0 saturated carbocycles. The first-order valence-electron chi connectivity index (χ1n) is 3.88. The fourth-order valence-corrected chi connectivity index (χ4v) is 2.02. The maximum absolute atomic E-state index is 5.08. The van der Waals surface area contributed by atoms with E-state index in [0.29, 0.717) is 0 Å². The molecule has 0 aliphatic heterocycles. The number of hydrogen-bond donors (Lipinski definition) is 0. The predicted molar refractivity (Wildman–Crippen MR) is 58.4 cm³/mol. The van der Waals surface area contributed by atoms with Crippen LogP contribution in [-0.2, 0) is 0 Å². The minimum atomic E-state index is 0.869. The van der Waals surface area contributed by atoms with E-state index in [1.54, 1.807) is 6.20 Å². The Morgan fingerprint density at radius 2 is 1.85 bits per heavy atom. The van der Waals surface area contributed by atoms with Crippen LogP contribution >= 0.6 is 23.6 Å². The van der Waals surface area contributed by atoms with Crippen LogP contribution in [0, 0.1) is 3.82 Å². The van der Waals surface area contributed by atoms with Crippen molar-refractivity contribution in [3.05, 3.63) is 46.4 Å². The lowest BCUT2D eigenvalue weighted by atomic mass is 10.2. The van der Waals surface area contributed by atoms with E-state index in [1.807, 2.05) is 36.4 Å². The number of benzene rings is 1. The Hall–Kier alpha value is -1.06. The molecule has 0 radical (unpaired) electrons. The van der Waals surface area contributed by atoms with Gasteiger partial charge in [0, 0.05) is 11.8 Å². The van der Waals surface area contributed by atoms with Crippen molar-refractivity contribution in [2.75, 3.05) is 0 Å². The van der Waals surface area contributed by atoms with Gasteiger partial charge >= 0.3 is 0 Å². The summed E-state index contributed by atoms with van der Waals surface area (Å²) in [7, 11) is 0. The molecule has 0 atom stereocenters. The average Bonchev–Trinajstić information content (AvgIpc) is 2.19. The fraction of sp³-hybridized carbons (Fsp3) is 0. The van der Waals surface area contributed by atoms with Crippen molar-refractivity contribution in [1.29, 1.82) is 0 Å². The quantitative estimate of drug-likeness (QED) is 0.660. The molecule has 0 aliphatic rings. The molecule has 0 spiro atoms. The van der Waals surface area contributed by atoms with Crippen molar-refractivity contribution in [3.8, 4) is 10.6 Å². The van der Waals surface area contributed by atoms with E-state index in [0.717, 1.165) is 14.4 Å². The SMILES string of the molecule is S=c1ccnc(-c2ccccc2)s1. The Morgan fingerprint density at radius 3 is 2.54 bits per heavy atom. The van der Waals surface area contributed by atoms with Crippen molar-refractivity contribution in [3.63, 3.8) is 0 Å². The minimum absolute atomic E-state index is 0.869. The highest BCUT2D eigenvalue weighted by Gasteiger charge is 1.96. The molecular weight excluding hydrogens is 198 g/mol. The van der Waals surface area contributed by atoms with Crippen molar-refractivity contribution < 1.29 is 0 Å². The van der Waals surface area contributed by atoms with E-state index < -0.39 is 0 Å². The fourth-order valence-electron chi connectivity index (χ4n) is 1.04. The van der Waals surface area contributed by atoms with Crippen LogP contribution < -0.4 is 0 Å². The molecule has 0 aliphatic carbocycles. The smallest absolute Gasteiger partial charge is 0.124 e. The van der Waals surface area contributed by atoms with Crippen LogP contribution in [0.3, 0.4) is 0 Å². The molecule has 1 nitrogen and oxygen atoms in total. The Morgan fingerprint density at radius 1 is 1.08 bits per heavy atom. The van der Waals surface area contributed by atoms with Gasteiger partial charge in [0.25, 0.3) is 0 Å². The molecule has 64 valence electrons. The Kier molecular flexibility index (Phi) is 2.47. The van der Waals surface area contributed by atoms with Gasteiger partial charge < -0.3 is 0 Å². The molecular formula is C10H7NS2. The molecule has 0 N–H and O–H groups in total. The average molecular weight is 205 g/mol. The summed E-state index contributed by atoms with van der Waals surface area (Å²) in [5, 5.41) is 0.980. The molecule has 2 rings (SSSR count). The third kappa shape index (κ3) is 1.99. The van der Waals surface area contributed by atoms with Gasteiger partial charge in [-0.05, 0) is 6.07 Å². The van der Waals surface area contributed by atoms with Gasteiger partial charge in [-0.15, -0.1) is 11.3 Å². The maximum Gasteiger partial charge on any atom is 0.124 e. The van der Waals surface area contributed by atoms with Crippen LogP contribution in [0.4, 0.5) is 0 Å². The largest absolute Gasteiger partial charge is 0.245 e. The number of rotatable bonds is 1. The van der Waals surface area contributed by atoms with Gasteiger partial charge in [-0.25, -0.2) is 4.98 Å². The van der Waals surface area contributed by atoms with E-state index in [4.69, 9.17) is 12.2 Å². The van der Waals surface area contributed by atoms with Gasteiger partial charge in [0.2, 0.25) is 0 Å². The first kappa shape index (κ1) is 8.53. The molecule has 0 bridgehead atoms. The second kappa shape index (κ2) is 3.77. The van der Waals surface area contributed by atoms with Crippen molar-refractivity contribution in [1.82, 2.24) is 4.98 Å². The maximum atomic E-state index is 5.08. The lowest BCUT2D eigenvalue weighted by molar-refractivity contribution is 1.38. The van der Waals surface area contributed by atoms with Crippen LogP contribution in [0.25, 0.3) is 10.6 Å². The number of nitrogens with zero attached hydrogens (tertiary/aromatic N) is 1. The second-order valence-electron chi connectivity index (χ2n) is 2.54. The highest BCUT2D eigenvalue weighted by Crippen LogP contribution is 2.20. The molecule has 0 amide bonds. The van der Waals surface area contributed by atoms with E-state index in [2.05, 4.69) is 4.98 Å². The Balaban J connectivity index is 2.54. The molecule has 0 fully saturated rings. The summed E-state index contributed by atoms with van der Waals surface area (Å²) >= 11 is 6.61. The number of hydrogen-bond acceptors (Lipinski definition) is 3. The molecule has 2 aromatic rings. The molecule has 1 heterocycles. The van der Waals surface area contributed by atoms with Gasteiger partial charge in [0.05, 0.1) is 3.82 Å².